The zero-order valence-electron chi connectivity index (χ0n) is 16.3. The molecule has 8 nitrogen and oxygen atoms in total. The maximum atomic E-state index is 9.74. The lowest BCUT2D eigenvalue weighted by Crippen LogP contribution is -2.29. The summed E-state index contributed by atoms with van der Waals surface area (Å²) in [6.07, 6.45) is 5.03. The molecule has 2 heterocycles. The second-order valence-corrected chi connectivity index (χ2v) is 7.71. The van der Waals surface area contributed by atoms with Crippen LogP contribution in [-0.2, 0) is 0 Å². The van der Waals surface area contributed by atoms with Crippen LogP contribution in [0.3, 0.4) is 0 Å². The van der Waals surface area contributed by atoms with Gasteiger partial charge in [-0.05, 0) is 57.7 Å². The van der Waals surface area contributed by atoms with E-state index in [0.717, 1.165) is 42.5 Å². The summed E-state index contributed by atoms with van der Waals surface area (Å²) < 4.78 is 2.04. The highest BCUT2D eigenvalue weighted by Gasteiger charge is 2.21. The smallest absolute Gasteiger partial charge is 0.227 e. The van der Waals surface area contributed by atoms with Gasteiger partial charge in [-0.15, -0.1) is 0 Å². The number of hydrogen-bond acceptors (Lipinski definition) is 7. The van der Waals surface area contributed by atoms with Gasteiger partial charge in [0.25, 0.3) is 0 Å². The Morgan fingerprint density at radius 1 is 1.18 bits per heavy atom. The van der Waals surface area contributed by atoms with Gasteiger partial charge in [-0.3, -0.25) is 0 Å². The molecule has 3 aromatic rings. The number of aliphatic hydroxyl groups excluding tert-OH is 1. The van der Waals surface area contributed by atoms with Crippen LogP contribution in [0, 0.1) is 0 Å². The number of hydrogen-bond donors (Lipinski definition) is 4. The molecule has 0 unspecified atom stereocenters. The van der Waals surface area contributed by atoms with Gasteiger partial charge in [0.1, 0.15) is 0 Å². The van der Waals surface area contributed by atoms with E-state index in [-0.39, 0.29) is 18.2 Å². The normalized spacial score (nSPS) is 19.9. The predicted molar refractivity (Wildman–Crippen MR) is 112 cm³/mol. The lowest BCUT2D eigenvalue weighted by Gasteiger charge is -2.26. The van der Waals surface area contributed by atoms with Gasteiger partial charge in [0.05, 0.1) is 12.4 Å². The zero-order valence-corrected chi connectivity index (χ0v) is 16.3. The van der Waals surface area contributed by atoms with Crippen LogP contribution in [-0.4, -0.2) is 36.8 Å². The van der Waals surface area contributed by atoms with E-state index in [1.165, 1.54) is 0 Å². The molecular weight excluding hydrogens is 354 g/mol. The second-order valence-electron chi connectivity index (χ2n) is 7.71. The molecule has 0 amide bonds. The van der Waals surface area contributed by atoms with Crippen molar-refractivity contribution in [2.45, 2.75) is 57.7 Å². The average Bonchev–Trinajstić information content (AvgIpc) is 3.08. The summed E-state index contributed by atoms with van der Waals surface area (Å²) in [7, 11) is 0. The first kappa shape index (κ1) is 18.5. The Balaban J connectivity index is 1.70. The predicted octanol–water partition coefficient (Wildman–Crippen LogP) is 3.45. The Kier molecular flexibility index (Phi) is 5.04. The van der Waals surface area contributed by atoms with Gasteiger partial charge < -0.3 is 26.0 Å². The summed E-state index contributed by atoms with van der Waals surface area (Å²) in [6, 6.07) is 8.05. The molecule has 148 valence electrons. The molecule has 1 aromatic carbocycles. The van der Waals surface area contributed by atoms with E-state index in [4.69, 9.17) is 15.7 Å². The van der Waals surface area contributed by atoms with Crippen molar-refractivity contribution in [2.24, 2.45) is 0 Å². The molecule has 0 aliphatic heterocycles. The van der Waals surface area contributed by atoms with Gasteiger partial charge in [-0.25, -0.2) is 4.98 Å². The van der Waals surface area contributed by atoms with Crippen molar-refractivity contribution in [1.29, 1.82) is 0 Å². The highest BCUT2D eigenvalue weighted by molar-refractivity contribution is 5.87. The molecule has 28 heavy (non-hydrogen) atoms. The summed E-state index contributed by atoms with van der Waals surface area (Å²) in [5, 5.41) is 16.5. The van der Waals surface area contributed by atoms with Crippen LogP contribution in [0.25, 0.3) is 11.2 Å². The average molecular weight is 381 g/mol. The van der Waals surface area contributed by atoms with Crippen molar-refractivity contribution >= 4 is 34.3 Å². The molecule has 2 aromatic heterocycles. The van der Waals surface area contributed by atoms with E-state index in [0.29, 0.717) is 17.5 Å². The van der Waals surface area contributed by atoms with Gasteiger partial charge in [-0.1, -0.05) is 6.07 Å². The fourth-order valence-electron chi connectivity index (χ4n) is 3.60. The summed E-state index contributed by atoms with van der Waals surface area (Å²) in [4.78, 5) is 14.0. The number of benzene rings is 1. The minimum absolute atomic E-state index is 0.190. The van der Waals surface area contributed by atoms with Crippen molar-refractivity contribution in [3.8, 4) is 0 Å². The van der Waals surface area contributed by atoms with Crippen LogP contribution in [0.1, 0.15) is 45.6 Å². The van der Waals surface area contributed by atoms with Gasteiger partial charge in [0.2, 0.25) is 5.95 Å². The molecule has 0 saturated heterocycles. The topological polar surface area (TPSA) is 114 Å². The first-order chi connectivity index (χ1) is 13.5. The maximum absolute atomic E-state index is 9.74. The highest BCUT2D eigenvalue weighted by atomic mass is 16.3. The quantitative estimate of drug-likeness (QED) is 0.501. The fourth-order valence-corrected chi connectivity index (χ4v) is 3.60. The van der Waals surface area contributed by atoms with Crippen molar-refractivity contribution in [1.82, 2.24) is 19.5 Å². The number of nitrogen functional groups attached to an aromatic ring is 1. The van der Waals surface area contributed by atoms with E-state index >= 15 is 0 Å². The van der Waals surface area contributed by atoms with E-state index in [1.807, 2.05) is 28.8 Å². The van der Waals surface area contributed by atoms with E-state index in [9.17, 15) is 5.11 Å². The minimum Gasteiger partial charge on any atom is -0.399 e. The number of aliphatic hydroxyl groups is 1. The van der Waals surface area contributed by atoms with Crippen LogP contribution >= 0.6 is 0 Å². The Morgan fingerprint density at radius 2 is 1.96 bits per heavy atom. The zero-order chi connectivity index (χ0) is 19.7. The van der Waals surface area contributed by atoms with Gasteiger partial charge in [-0.2, -0.15) is 9.97 Å². The van der Waals surface area contributed by atoms with Crippen LogP contribution in [0.2, 0.25) is 0 Å². The number of rotatable bonds is 5. The van der Waals surface area contributed by atoms with Gasteiger partial charge in [0, 0.05) is 23.5 Å². The molecule has 1 fully saturated rings. The van der Waals surface area contributed by atoms with E-state index in [1.54, 1.807) is 6.33 Å². The molecular formula is C20H27N7O. The summed E-state index contributed by atoms with van der Waals surface area (Å²) in [5.74, 6) is 1.22. The fraction of sp³-hybridized carbons (Fsp3) is 0.450. The molecule has 4 rings (SSSR count). The molecule has 0 spiro atoms. The van der Waals surface area contributed by atoms with Crippen molar-refractivity contribution < 1.29 is 5.11 Å². The second kappa shape index (κ2) is 7.63. The Hall–Kier alpha value is -2.87. The molecule has 1 saturated carbocycles. The number of aromatic nitrogens is 4. The SMILES string of the molecule is CC(C)n1cnc2c(Nc3cccc(N)c3)nc(NC3CCC(O)CC3)nc21. The van der Waals surface area contributed by atoms with Crippen molar-refractivity contribution in [2.75, 3.05) is 16.4 Å². The monoisotopic (exact) mass is 381 g/mol. The number of nitrogens with two attached hydrogens (primary N) is 1. The third kappa shape index (κ3) is 3.87. The number of imidazole rings is 1. The number of nitrogens with one attached hydrogen (secondary N) is 2. The summed E-state index contributed by atoms with van der Waals surface area (Å²) in [5.41, 5.74) is 8.95. The molecule has 0 radical (unpaired) electrons. The minimum atomic E-state index is -0.190. The van der Waals surface area contributed by atoms with Crippen LogP contribution in [0.15, 0.2) is 30.6 Å². The standard InChI is InChI=1S/C20H27N7O/c1-12(2)27-11-22-17-18(23-15-5-3-4-13(21)10-15)25-20(26-19(17)27)24-14-6-8-16(28)9-7-14/h3-5,10-12,14,16,28H,6-9,21H2,1-2H3,(H2,23,24,25,26). The molecule has 1 aliphatic carbocycles. The molecule has 0 bridgehead atoms. The van der Waals surface area contributed by atoms with Gasteiger partial charge >= 0.3 is 0 Å². The summed E-state index contributed by atoms with van der Waals surface area (Å²) in [6.45, 7) is 4.20. The number of fused-ring (bicyclic) bond motifs is 1. The largest absolute Gasteiger partial charge is 0.399 e. The Labute approximate surface area is 164 Å². The Bertz CT molecular complexity index is 960. The Morgan fingerprint density at radius 3 is 2.68 bits per heavy atom. The van der Waals surface area contributed by atoms with E-state index in [2.05, 4.69) is 29.5 Å². The molecule has 1 aliphatic rings. The first-order valence-electron chi connectivity index (χ1n) is 9.81. The van der Waals surface area contributed by atoms with Gasteiger partial charge in [0.15, 0.2) is 17.0 Å². The molecule has 0 atom stereocenters. The highest BCUT2D eigenvalue weighted by Crippen LogP contribution is 2.28. The van der Waals surface area contributed by atoms with Crippen molar-refractivity contribution in [3.05, 3.63) is 30.6 Å². The summed E-state index contributed by atoms with van der Waals surface area (Å²) >= 11 is 0. The number of nitrogens with zero attached hydrogens (tertiary/aromatic N) is 4. The molecule has 5 N–H and O–H groups in total. The van der Waals surface area contributed by atoms with Crippen LogP contribution < -0.4 is 16.4 Å². The third-order valence-electron chi connectivity index (χ3n) is 5.16. The molecule has 8 heteroatoms. The number of anilines is 4. The third-order valence-corrected chi connectivity index (χ3v) is 5.16. The van der Waals surface area contributed by atoms with Crippen molar-refractivity contribution in [3.63, 3.8) is 0 Å². The lowest BCUT2D eigenvalue weighted by molar-refractivity contribution is 0.126. The lowest BCUT2D eigenvalue weighted by atomic mass is 9.93. The van der Waals surface area contributed by atoms with Crippen LogP contribution in [0.5, 0.6) is 0 Å². The maximum Gasteiger partial charge on any atom is 0.227 e. The first-order valence-corrected chi connectivity index (χ1v) is 9.81. The van der Waals surface area contributed by atoms with E-state index < -0.39 is 0 Å². The van der Waals surface area contributed by atoms with Crippen LogP contribution in [0.4, 0.5) is 23.1 Å².